The first-order valence-electron chi connectivity index (χ1n) is 11.1. The Balaban J connectivity index is 1.88. The fraction of sp³-hybridized carbons (Fsp3) is 0.542. The van der Waals surface area contributed by atoms with Crippen molar-refractivity contribution in [3.63, 3.8) is 0 Å². The Morgan fingerprint density at radius 3 is 2.52 bits per heavy atom. The standard InChI is InChI=1S/C24H33N3O4/c1-16(2)31-14-6-13-27-23(29)21(19-8-10-20(11-9-19)25-18(4)28)22(24(27)30)26-12-5-7-17(3)15-26/h8-11,16-17H,5-7,12-15H2,1-4H3,(H,25,28). The third-order valence-corrected chi connectivity index (χ3v) is 5.59. The van der Waals surface area contributed by atoms with E-state index in [4.69, 9.17) is 4.74 Å². The summed E-state index contributed by atoms with van der Waals surface area (Å²) in [6, 6.07) is 7.11. The number of nitrogens with one attached hydrogen (secondary N) is 1. The number of ether oxygens (including phenoxy) is 1. The van der Waals surface area contributed by atoms with Crippen LogP contribution in [0.25, 0.3) is 5.57 Å². The minimum absolute atomic E-state index is 0.117. The molecule has 1 unspecified atom stereocenters. The molecular formula is C24H33N3O4. The Morgan fingerprint density at radius 2 is 1.90 bits per heavy atom. The average Bonchev–Trinajstić information content (AvgIpc) is 2.95. The summed E-state index contributed by atoms with van der Waals surface area (Å²) in [7, 11) is 0. The molecule has 2 heterocycles. The summed E-state index contributed by atoms with van der Waals surface area (Å²) in [4.78, 5) is 41.4. The zero-order valence-corrected chi connectivity index (χ0v) is 18.9. The molecule has 1 aromatic rings. The van der Waals surface area contributed by atoms with Gasteiger partial charge in [0.15, 0.2) is 0 Å². The van der Waals surface area contributed by atoms with E-state index in [1.54, 1.807) is 24.3 Å². The van der Waals surface area contributed by atoms with Crippen LogP contribution in [0.1, 0.15) is 52.5 Å². The van der Waals surface area contributed by atoms with Crippen molar-refractivity contribution in [2.45, 2.75) is 53.1 Å². The van der Waals surface area contributed by atoms with E-state index in [9.17, 15) is 14.4 Å². The maximum absolute atomic E-state index is 13.4. The highest BCUT2D eigenvalue weighted by Crippen LogP contribution is 2.34. The van der Waals surface area contributed by atoms with Crippen molar-refractivity contribution < 1.29 is 19.1 Å². The first-order valence-corrected chi connectivity index (χ1v) is 11.1. The van der Waals surface area contributed by atoms with Crippen molar-refractivity contribution in [1.29, 1.82) is 0 Å². The highest BCUT2D eigenvalue weighted by Gasteiger charge is 2.41. The molecule has 2 aliphatic heterocycles. The molecule has 3 amide bonds. The highest BCUT2D eigenvalue weighted by molar-refractivity contribution is 6.35. The van der Waals surface area contributed by atoms with Gasteiger partial charge in [-0.15, -0.1) is 0 Å². The normalized spacial score (nSPS) is 19.6. The van der Waals surface area contributed by atoms with Crippen LogP contribution < -0.4 is 5.32 Å². The number of carbonyl (C=O) groups is 3. The quantitative estimate of drug-likeness (QED) is 0.509. The second kappa shape index (κ2) is 10.1. The number of rotatable bonds is 8. The summed E-state index contributed by atoms with van der Waals surface area (Å²) in [6.07, 6.45) is 2.85. The molecule has 1 N–H and O–H groups in total. The lowest BCUT2D eigenvalue weighted by Crippen LogP contribution is -2.39. The fourth-order valence-electron chi connectivity index (χ4n) is 4.18. The lowest BCUT2D eigenvalue weighted by Gasteiger charge is -2.33. The van der Waals surface area contributed by atoms with Crippen molar-refractivity contribution in [3.8, 4) is 0 Å². The largest absolute Gasteiger partial charge is 0.379 e. The molecule has 3 rings (SSSR count). The average molecular weight is 428 g/mol. The molecule has 1 aromatic carbocycles. The smallest absolute Gasteiger partial charge is 0.277 e. The third-order valence-electron chi connectivity index (χ3n) is 5.59. The van der Waals surface area contributed by atoms with Gasteiger partial charge in [-0.2, -0.15) is 0 Å². The number of carbonyl (C=O) groups excluding carboxylic acids is 3. The molecule has 1 atom stereocenters. The summed E-state index contributed by atoms with van der Waals surface area (Å²) in [5.41, 5.74) is 2.32. The van der Waals surface area contributed by atoms with Crippen LogP contribution in [-0.2, 0) is 19.1 Å². The van der Waals surface area contributed by atoms with Crippen LogP contribution in [0, 0.1) is 5.92 Å². The number of hydrogen-bond acceptors (Lipinski definition) is 5. The zero-order valence-electron chi connectivity index (χ0n) is 18.9. The summed E-state index contributed by atoms with van der Waals surface area (Å²) in [5, 5.41) is 2.73. The molecule has 0 aliphatic carbocycles. The molecular weight excluding hydrogens is 394 g/mol. The van der Waals surface area contributed by atoms with Gasteiger partial charge in [0.1, 0.15) is 5.70 Å². The fourth-order valence-corrected chi connectivity index (χ4v) is 4.18. The molecule has 7 heteroatoms. The maximum atomic E-state index is 13.4. The first-order chi connectivity index (χ1) is 14.8. The van der Waals surface area contributed by atoms with Crippen LogP contribution in [0.4, 0.5) is 5.69 Å². The zero-order chi connectivity index (χ0) is 22.5. The van der Waals surface area contributed by atoms with E-state index < -0.39 is 0 Å². The number of hydrogen-bond donors (Lipinski definition) is 1. The van der Waals surface area contributed by atoms with Gasteiger partial charge in [0, 0.05) is 38.9 Å². The van der Waals surface area contributed by atoms with Crippen LogP contribution in [0.15, 0.2) is 30.0 Å². The van der Waals surface area contributed by atoms with Gasteiger partial charge in [-0.05, 0) is 56.7 Å². The highest BCUT2D eigenvalue weighted by atomic mass is 16.5. The van der Waals surface area contributed by atoms with Crippen LogP contribution in [0.3, 0.4) is 0 Å². The molecule has 1 saturated heterocycles. The van der Waals surface area contributed by atoms with Gasteiger partial charge in [-0.1, -0.05) is 19.1 Å². The molecule has 0 radical (unpaired) electrons. The molecule has 0 spiro atoms. The number of anilines is 1. The van der Waals surface area contributed by atoms with E-state index in [1.807, 2.05) is 13.8 Å². The van der Waals surface area contributed by atoms with E-state index in [0.717, 1.165) is 25.9 Å². The van der Waals surface area contributed by atoms with E-state index in [1.165, 1.54) is 11.8 Å². The molecule has 1 fully saturated rings. The molecule has 0 saturated carbocycles. The number of amides is 3. The van der Waals surface area contributed by atoms with Gasteiger partial charge in [-0.3, -0.25) is 19.3 Å². The molecule has 168 valence electrons. The second-order valence-corrected chi connectivity index (χ2v) is 8.71. The molecule has 0 aromatic heterocycles. The van der Waals surface area contributed by atoms with Gasteiger partial charge in [0.2, 0.25) is 5.91 Å². The monoisotopic (exact) mass is 427 g/mol. The van der Waals surface area contributed by atoms with Crippen LogP contribution in [-0.4, -0.2) is 59.9 Å². The minimum Gasteiger partial charge on any atom is -0.379 e. The lowest BCUT2D eigenvalue weighted by atomic mass is 9.97. The van der Waals surface area contributed by atoms with Gasteiger partial charge in [-0.25, -0.2) is 0 Å². The Morgan fingerprint density at radius 1 is 1.19 bits per heavy atom. The Labute approximate surface area is 184 Å². The predicted molar refractivity (Wildman–Crippen MR) is 120 cm³/mol. The van der Waals surface area contributed by atoms with Gasteiger partial charge in [0.05, 0.1) is 11.7 Å². The van der Waals surface area contributed by atoms with Crippen molar-refractivity contribution in [1.82, 2.24) is 9.80 Å². The summed E-state index contributed by atoms with van der Waals surface area (Å²) >= 11 is 0. The Bertz CT molecular complexity index is 860. The van der Waals surface area contributed by atoms with Gasteiger partial charge >= 0.3 is 0 Å². The van der Waals surface area contributed by atoms with E-state index in [0.29, 0.717) is 48.0 Å². The molecule has 2 aliphatic rings. The Hall–Kier alpha value is -2.67. The number of benzene rings is 1. The summed E-state index contributed by atoms with van der Waals surface area (Å²) in [6.45, 7) is 9.94. The number of imide groups is 1. The van der Waals surface area contributed by atoms with E-state index >= 15 is 0 Å². The molecule has 0 bridgehead atoms. The maximum Gasteiger partial charge on any atom is 0.277 e. The van der Waals surface area contributed by atoms with Crippen molar-refractivity contribution in [2.24, 2.45) is 5.92 Å². The van der Waals surface area contributed by atoms with Crippen LogP contribution >= 0.6 is 0 Å². The van der Waals surface area contributed by atoms with Crippen molar-refractivity contribution in [2.75, 3.05) is 31.6 Å². The van der Waals surface area contributed by atoms with Gasteiger partial charge < -0.3 is 15.0 Å². The second-order valence-electron chi connectivity index (χ2n) is 8.71. The van der Waals surface area contributed by atoms with E-state index in [-0.39, 0.29) is 23.8 Å². The van der Waals surface area contributed by atoms with Crippen molar-refractivity contribution in [3.05, 3.63) is 35.5 Å². The van der Waals surface area contributed by atoms with Crippen LogP contribution in [0.2, 0.25) is 0 Å². The van der Waals surface area contributed by atoms with Crippen LogP contribution in [0.5, 0.6) is 0 Å². The van der Waals surface area contributed by atoms with Crippen molar-refractivity contribution >= 4 is 29.0 Å². The van der Waals surface area contributed by atoms with Gasteiger partial charge in [0.25, 0.3) is 11.8 Å². The Kier molecular flexibility index (Phi) is 7.49. The summed E-state index contributed by atoms with van der Waals surface area (Å²) < 4.78 is 5.58. The first kappa shape index (κ1) is 23.0. The lowest BCUT2D eigenvalue weighted by molar-refractivity contribution is -0.138. The topological polar surface area (TPSA) is 79.0 Å². The van der Waals surface area contributed by atoms with E-state index in [2.05, 4.69) is 17.1 Å². The predicted octanol–water partition coefficient (Wildman–Crippen LogP) is 3.27. The minimum atomic E-state index is -0.255. The number of piperidine rings is 1. The molecule has 31 heavy (non-hydrogen) atoms. The molecule has 7 nitrogen and oxygen atoms in total. The SMILES string of the molecule is CC(=O)Nc1ccc(C2=C(N3CCCC(C)C3)C(=O)N(CCCOC(C)C)C2=O)cc1. The number of nitrogens with zero attached hydrogens (tertiary/aromatic N) is 2. The third kappa shape index (κ3) is 5.53. The summed E-state index contributed by atoms with van der Waals surface area (Å²) in [5.74, 6) is -0.155. The number of likely N-dealkylation sites (tertiary alicyclic amines) is 1.